The molecule has 1 unspecified atom stereocenters. The lowest BCUT2D eigenvalue weighted by atomic mass is 9.96. The number of carbonyl (C=O) groups is 1. The molecule has 1 saturated carbocycles. The number of carboxylic acid groups (broad SMARTS) is 1. The fourth-order valence-electron chi connectivity index (χ4n) is 5.31. The van der Waals surface area contributed by atoms with Crippen LogP contribution >= 0.6 is 11.3 Å². The fourth-order valence-corrected chi connectivity index (χ4v) is 6.58. The van der Waals surface area contributed by atoms with Gasteiger partial charge in [0.25, 0.3) is 5.92 Å². The Morgan fingerprint density at radius 3 is 2.57 bits per heavy atom. The SMILES string of the molecule is N[SH+](=O)c1ccc(Cc2c(-c3cccc(N4CCC(F)(F)CC4)c3)nn(-c3nc(C(=O)O)cs3)c2CC2CC2)cc1F. The highest BCUT2D eigenvalue weighted by Gasteiger charge is 2.34. The van der Waals surface area contributed by atoms with E-state index in [-0.39, 0.29) is 36.5 Å². The van der Waals surface area contributed by atoms with E-state index in [4.69, 9.17) is 10.2 Å². The zero-order valence-corrected chi connectivity index (χ0v) is 24.2. The van der Waals surface area contributed by atoms with Gasteiger partial charge in [0.05, 0.1) is 11.4 Å². The topological polar surface area (TPSA) is 114 Å². The minimum absolute atomic E-state index is 0.0494. The summed E-state index contributed by atoms with van der Waals surface area (Å²) in [7, 11) is -2.33. The number of nitrogens with two attached hydrogens (primary N) is 1. The van der Waals surface area contributed by atoms with Crippen LogP contribution in [0.5, 0.6) is 0 Å². The molecule has 2 aromatic carbocycles. The first kappa shape index (κ1) is 28.6. The Morgan fingerprint density at radius 2 is 1.93 bits per heavy atom. The minimum Gasteiger partial charge on any atom is -0.476 e. The first-order chi connectivity index (χ1) is 20.1. The van der Waals surface area contributed by atoms with E-state index in [1.807, 2.05) is 29.2 Å². The summed E-state index contributed by atoms with van der Waals surface area (Å²) in [6, 6.07) is 12.0. The maximum absolute atomic E-state index is 14.8. The number of halogens is 3. The van der Waals surface area contributed by atoms with Crippen molar-refractivity contribution < 1.29 is 27.3 Å². The number of hydrogen-bond donors (Lipinski definition) is 2. The molecule has 0 spiro atoms. The Kier molecular flexibility index (Phi) is 7.66. The van der Waals surface area contributed by atoms with E-state index in [0.717, 1.165) is 35.3 Å². The third kappa shape index (κ3) is 5.99. The molecule has 3 heterocycles. The number of aromatic carboxylic acids is 1. The Labute approximate surface area is 246 Å². The van der Waals surface area contributed by atoms with Crippen LogP contribution in [0.4, 0.5) is 18.9 Å². The number of nitrogens with zero attached hydrogens (tertiary/aromatic N) is 4. The number of hydrogen-bond acceptors (Lipinski definition) is 6. The average molecular weight is 617 g/mol. The monoisotopic (exact) mass is 616 g/mol. The summed E-state index contributed by atoms with van der Waals surface area (Å²) >= 11 is 1.17. The molecule has 2 fully saturated rings. The van der Waals surface area contributed by atoms with Crippen LogP contribution in [-0.4, -0.2) is 44.9 Å². The Bertz CT molecular complexity index is 1670. The number of alkyl halides is 2. The van der Waals surface area contributed by atoms with Crippen molar-refractivity contribution in [2.75, 3.05) is 18.0 Å². The summed E-state index contributed by atoms with van der Waals surface area (Å²) in [5, 5.41) is 21.7. The third-order valence-electron chi connectivity index (χ3n) is 7.77. The number of thiol groups is 1. The highest BCUT2D eigenvalue weighted by molar-refractivity contribution is 7.82. The average Bonchev–Trinajstić information content (AvgIpc) is 3.50. The van der Waals surface area contributed by atoms with Gasteiger partial charge in [0, 0.05) is 54.5 Å². The zero-order chi connectivity index (χ0) is 29.6. The normalized spacial score (nSPS) is 17.4. The van der Waals surface area contributed by atoms with Crippen molar-refractivity contribution in [3.63, 3.8) is 0 Å². The maximum Gasteiger partial charge on any atom is 0.355 e. The number of piperidine rings is 1. The maximum atomic E-state index is 14.8. The van der Waals surface area contributed by atoms with E-state index in [9.17, 15) is 27.3 Å². The highest BCUT2D eigenvalue weighted by Crippen LogP contribution is 2.39. The van der Waals surface area contributed by atoms with Crippen LogP contribution in [0.3, 0.4) is 0 Å². The van der Waals surface area contributed by atoms with Crippen molar-refractivity contribution in [2.45, 2.75) is 49.3 Å². The first-order valence-electron chi connectivity index (χ1n) is 13.6. The summed E-state index contributed by atoms with van der Waals surface area (Å²) in [6.07, 6.45) is 2.66. The van der Waals surface area contributed by atoms with Crippen LogP contribution < -0.4 is 10.0 Å². The molecule has 1 atom stereocenters. The fraction of sp³-hybridized carbons (Fsp3) is 0.345. The summed E-state index contributed by atoms with van der Waals surface area (Å²) in [4.78, 5) is 17.8. The van der Waals surface area contributed by atoms with Gasteiger partial charge in [0.15, 0.2) is 22.5 Å². The van der Waals surface area contributed by atoms with E-state index in [2.05, 4.69) is 4.98 Å². The molecular weight excluding hydrogens is 587 g/mol. The van der Waals surface area contributed by atoms with E-state index in [0.29, 0.717) is 35.1 Å². The smallest absolute Gasteiger partial charge is 0.355 e. The number of carboxylic acids is 1. The molecule has 4 aromatic rings. The van der Waals surface area contributed by atoms with Gasteiger partial charge in [-0.25, -0.2) is 27.6 Å². The summed E-state index contributed by atoms with van der Waals surface area (Å²) in [5.74, 6) is -4.01. The van der Waals surface area contributed by atoms with E-state index < -0.39 is 28.7 Å². The number of aromatic nitrogens is 3. The van der Waals surface area contributed by atoms with Gasteiger partial charge in [-0.1, -0.05) is 22.4 Å². The lowest BCUT2D eigenvalue weighted by Gasteiger charge is -2.33. The molecule has 220 valence electrons. The first-order valence-corrected chi connectivity index (χ1v) is 15.8. The zero-order valence-electron chi connectivity index (χ0n) is 22.5. The predicted octanol–water partition coefficient (Wildman–Crippen LogP) is 5.54. The molecule has 0 bridgehead atoms. The van der Waals surface area contributed by atoms with Crippen LogP contribution in [0.25, 0.3) is 16.4 Å². The van der Waals surface area contributed by atoms with Gasteiger partial charge in [-0.3, -0.25) is 0 Å². The molecule has 1 saturated heterocycles. The number of anilines is 1. The second kappa shape index (κ2) is 11.3. The quantitative estimate of drug-likeness (QED) is 0.189. The van der Waals surface area contributed by atoms with Crippen molar-refractivity contribution in [1.82, 2.24) is 14.8 Å². The van der Waals surface area contributed by atoms with Crippen molar-refractivity contribution in [3.05, 3.63) is 76.2 Å². The van der Waals surface area contributed by atoms with Crippen molar-refractivity contribution in [2.24, 2.45) is 11.1 Å². The van der Waals surface area contributed by atoms with E-state index >= 15 is 0 Å². The van der Waals surface area contributed by atoms with Gasteiger partial charge in [0.2, 0.25) is 10.0 Å². The molecule has 2 aromatic heterocycles. The second-order valence-electron chi connectivity index (χ2n) is 10.8. The van der Waals surface area contributed by atoms with Crippen LogP contribution in [0.1, 0.15) is 53.0 Å². The van der Waals surface area contributed by atoms with Crippen molar-refractivity contribution in [3.8, 4) is 16.4 Å². The van der Waals surface area contributed by atoms with E-state index in [1.165, 1.54) is 28.8 Å². The van der Waals surface area contributed by atoms with Gasteiger partial charge >= 0.3 is 5.97 Å². The Balaban J connectivity index is 1.46. The van der Waals surface area contributed by atoms with Crippen molar-refractivity contribution >= 4 is 34.0 Å². The van der Waals surface area contributed by atoms with Crippen LogP contribution in [0.15, 0.2) is 52.7 Å². The van der Waals surface area contributed by atoms with Crippen LogP contribution in [0.2, 0.25) is 0 Å². The number of benzene rings is 2. The number of rotatable bonds is 9. The predicted molar refractivity (Wildman–Crippen MR) is 156 cm³/mol. The molecule has 1 aliphatic heterocycles. The summed E-state index contributed by atoms with van der Waals surface area (Å²) in [5.41, 5.74) is 4.42. The third-order valence-corrected chi connectivity index (χ3v) is 9.43. The molecule has 8 nitrogen and oxygen atoms in total. The van der Waals surface area contributed by atoms with E-state index in [1.54, 1.807) is 10.7 Å². The van der Waals surface area contributed by atoms with Crippen LogP contribution in [-0.2, 0) is 28.0 Å². The molecule has 42 heavy (non-hydrogen) atoms. The molecule has 0 amide bonds. The number of thiazole rings is 1. The lowest BCUT2D eigenvalue weighted by Crippen LogP contribution is -2.39. The second-order valence-corrected chi connectivity index (χ2v) is 12.8. The molecule has 13 heteroatoms. The molecule has 0 radical (unpaired) electrons. The van der Waals surface area contributed by atoms with Gasteiger partial charge in [-0.05, 0) is 55.0 Å². The molecule has 2 aliphatic rings. The van der Waals surface area contributed by atoms with Crippen molar-refractivity contribution in [1.29, 1.82) is 0 Å². The molecule has 1 aliphatic carbocycles. The molecular formula is C29H29F3N5O3S2+. The lowest BCUT2D eigenvalue weighted by molar-refractivity contribution is -0.0220. The van der Waals surface area contributed by atoms with Gasteiger partial charge in [0.1, 0.15) is 0 Å². The van der Waals surface area contributed by atoms with Gasteiger partial charge in [-0.2, -0.15) is 5.10 Å². The van der Waals surface area contributed by atoms with Gasteiger partial charge in [-0.15, -0.1) is 16.5 Å². The highest BCUT2D eigenvalue weighted by atomic mass is 32.2. The summed E-state index contributed by atoms with van der Waals surface area (Å²) in [6.45, 7) is 0.466. The Morgan fingerprint density at radius 1 is 1.17 bits per heavy atom. The summed E-state index contributed by atoms with van der Waals surface area (Å²) < 4.78 is 55.9. The molecule has 3 N–H and O–H groups in total. The Hall–Kier alpha value is -3.55. The molecule has 6 rings (SSSR count). The largest absolute Gasteiger partial charge is 0.476 e. The minimum atomic E-state index is -2.66. The standard InChI is InChI=1S/C29H28F3N5O3S2/c30-22-13-18(6-7-25(22)42(33)40)12-21-24(14-17-4-5-17)37(28-34-23(16-41-28)27(38)39)35-26(21)19-2-1-3-20(15-19)36-10-8-29(31,32)9-11-36/h1-3,6-7,13,15-17H,4-5,8-12,14H2,(H2,33,40)(H,38,39)/p+1. The van der Waals surface area contributed by atoms with Crippen LogP contribution in [0, 0.1) is 11.7 Å². The van der Waals surface area contributed by atoms with Gasteiger partial charge < -0.3 is 10.0 Å².